The number of aromatic nitrogens is 2. The van der Waals surface area contributed by atoms with E-state index < -0.39 is 11.7 Å². The number of nitrogens with zero attached hydrogens (tertiary/aromatic N) is 3. The van der Waals surface area contributed by atoms with Crippen molar-refractivity contribution >= 4 is 5.82 Å². The number of halogens is 3. The monoisotopic (exact) mass is 337 g/mol. The van der Waals surface area contributed by atoms with Gasteiger partial charge >= 0.3 is 6.18 Å². The third-order valence-electron chi connectivity index (χ3n) is 4.02. The van der Waals surface area contributed by atoms with Gasteiger partial charge in [0, 0.05) is 37.5 Å². The molecule has 0 bridgehead atoms. The lowest BCUT2D eigenvalue weighted by molar-refractivity contribution is -0.137. The first-order chi connectivity index (χ1) is 11.5. The van der Waals surface area contributed by atoms with E-state index in [1.54, 1.807) is 23.2 Å². The maximum absolute atomic E-state index is 13.2. The summed E-state index contributed by atoms with van der Waals surface area (Å²) in [6.45, 7) is 1.49. The van der Waals surface area contributed by atoms with Crippen LogP contribution in [-0.2, 0) is 6.18 Å². The Kier molecular flexibility index (Phi) is 4.87. The second-order valence-electron chi connectivity index (χ2n) is 5.81. The lowest BCUT2D eigenvalue weighted by Gasteiger charge is -2.34. The molecule has 4 nitrogen and oxygen atoms in total. The van der Waals surface area contributed by atoms with E-state index in [0.717, 1.165) is 18.9 Å². The molecule has 0 N–H and O–H groups in total. The van der Waals surface area contributed by atoms with Crippen molar-refractivity contribution in [2.75, 3.05) is 24.6 Å². The molecule has 7 heteroatoms. The molecule has 0 aromatic carbocycles. The van der Waals surface area contributed by atoms with Crippen LogP contribution in [-0.4, -0.2) is 29.7 Å². The molecule has 1 saturated heterocycles. The quantitative estimate of drug-likeness (QED) is 0.851. The molecule has 0 aliphatic carbocycles. The highest BCUT2D eigenvalue weighted by atomic mass is 19.4. The molecule has 1 aliphatic heterocycles. The maximum atomic E-state index is 13.2. The number of ether oxygens (including phenoxy) is 1. The average Bonchev–Trinajstić information content (AvgIpc) is 2.60. The number of pyridine rings is 2. The fourth-order valence-electron chi connectivity index (χ4n) is 2.90. The Morgan fingerprint density at radius 2 is 1.96 bits per heavy atom. The highest BCUT2D eigenvalue weighted by molar-refractivity contribution is 5.48. The van der Waals surface area contributed by atoms with Crippen molar-refractivity contribution in [3.05, 3.63) is 48.3 Å². The molecule has 1 aliphatic rings. The summed E-state index contributed by atoms with van der Waals surface area (Å²) in [5.41, 5.74) is -0.684. The molecule has 1 fully saturated rings. The Bertz CT molecular complexity index is 664. The van der Waals surface area contributed by atoms with Crippen LogP contribution in [0, 0.1) is 5.92 Å². The van der Waals surface area contributed by atoms with Gasteiger partial charge in [-0.1, -0.05) is 6.07 Å². The van der Waals surface area contributed by atoms with Crippen molar-refractivity contribution in [3.8, 4) is 5.88 Å². The molecule has 3 heterocycles. The highest BCUT2D eigenvalue weighted by Gasteiger charge is 2.36. The SMILES string of the molecule is FC(F)(F)c1cccnc1N1CCCC(COc2ccccn2)C1. The average molecular weight is 337 g/mol. The van der Waals surface area contributed by atoms with Gasteiger partial charge in [0.25, 0.3) is 0 Å². The summed E-state index contributed by atoms with van der Waals surface area (Å²) >= 11 is 0. The number of alkyl halides is 3. The maximum Gasteiger partial charge on any atom is 0.419 e. The molecule has 0 radical (unpaired) electrons. The first kappa shape index (κ1) is 16.5. The molecular formula is C17H18F3N3O. The van der Waals surface area contributed by atoms with Crippen LogP contribution in [0.25, 0.3) is 0 Å². The third kappa shape index (κ3) is 3.96. The molecule has 128 valence electrons. The van der Waals surface area contributed by atoms with E-state index in [4.69, 9.17) is 4.74 Å². The Hall–Kier alpha value is -2.31. The molecule has 1 atom stereocenters. The standard InChI is InChI=1S/C17H18F3N3O/c18-17(19,20)14-6-3-9-22-16(14)23-10-4-5-13(11-23)12-24-15-7-1-2-8-21-15/h1-3,6-9,13H,4-5,10-12H2. The lowest BCUT2D eigenvalue weighted by Crippen LogP contribution is -2.39. The van der Waals surface area contributed by atoms with Crippen LogP contribution in [0.15, 0.2) is 42.7 Å². The molecular weight excluding hydrogens is 319 g/mol. The summed E-state index contributed by atoms with van der Waals surface area (Å²) in [7, 11) is 0. The van der Waals surface area contributed by atoms with Crippen LogP contribution in [0.3, 0.4) is 0 Å². The number of anilines is 1. The Labute approximate surface area is 138 Å². The van der Waals surface area contributed by atoms with Gasteiger partial charge in [-0.15, -0.1) is 0 Å². The van der Waals surface area contributed by atoms with Crippen LogP contribution in [0.1, 0.15) is 18.4 Å². The zero-order chi connectivity index (χ0) is 17.0. The van der Waals surface area contributed by atoms with Crippen LogP contribution in [0.4, 0.5) is 19.0 Å². The molecule has 24 heavy (non-hydrogen) atoms. The van der Waals surface area contributed by atoms with Gasteiger partial charge in [-0.2, -0.15) is 13.2 Å². The predicted octanol–water partition coefficient (Wildman–Crippen LogP) is 3.79. The summed E-state index contributed by atoms with van der Waals surface area (Å²) in [5.74, 6) is 0.680. The number of hydrogen-bond donors (Lipinski definition) is 0. The zero-order valence-corrected chi connectivity index (χ0v) is 13.0. The smallest absolute Gasteiger partial charge is 0.419 e. The van der Waals surface area contributed by atoms with Gasteiger partial charge in [0.15, 0.2) is 0 Å². The minimum absolute atomic E-state index is 0.00698. The molecule has 2 aromatic heterocycles. The van der Waals surface area contributed by atoms with Gasteiger partial charge in [0.05, 0.1) is 12.2 Å². The van der Waals surface area contributed by atoms with E-state index in [0.29, 0.717) is 25.6 Å². The summed E-state index contributed by atoms with van der Waals surface area (Å²) in [4.78, 5) is 9.77. The Balaban J connectivity index is 1.68. The topological polar surface area (TPSA) is 38.2 Å². The summed E-state index contributed by atoms with van der Waals surface area (Å²) in [6.07, 6.45) is 0.368. The zero-order valence-electron chi connectivity index (χ0n) is 13.0. The van der Waals surface area contributed by atoms with Crippen molar-refractivity contribution in [3.63, 3.8) is 0 Å². The van der Waals surface area contributed by atoms with E-state index in [-0.39, 0.29) is 11.7 Å². The van der Waals surface area contributed by atoms with Crippen molar-refractivity contribution in [1.29, 1.82) is 0 Å². The van der Waals surface area contributed by atoms with E-state index in [9.17, 15) is 13.2 Å². The number of hydrogen-bond acceptors (Lipinski definition) is 4. The van der Waals surface area contributed by atoms with E-state index in [2.05, 4.69) is 9.97 Å². The molecule has 3 rings (SSSR count). The normalized spacial score (nSPS) is 18.5. The van der Waals surface area contributed by atoms with E-state index in [1.165, 1.54) is 12.3 Å². The minimum atomic E-state index is -4.40. The van der Waals surface area contributed by atoms with Crippen LogP contribution in [0.5, 0.6) is 5.88 Å². The van der Waals surface area contributed by atoms with Crippen LogP contribution < -0.4 is 9.64 Å². The molecule has 1 unspecified atom stereocenters. The first-order valence-corrected chi connectivity index (χ1v) is 7.85. The summed E-state index contributed by atoms with van der Waals surface area (Å²) < 4.78 is 45.2. The molecule has 0 amide bonds. The van der Waals surface area contributed by atoms with Crippen LogP contribution >= 0.6 is 0 Å². The van der Waals surface area contributed by atoms with Gasteiger partial charge in [-0.3, -0.25) is 0 Å². The van der Waals surface area contributed by atoms with Crippen LogP contribution in [0.2, 0.25) is 0 Å². The number of piperidine rings is 1. The van der Waals surface area contributed by atoms with Crippen molar-refractivity contribution in [1.82, 2.24) is 9.97 Å². The van der Waals surface area contributed by atoms with Crippen molar-refractivity contribution in [2.24, 2.45) is 5.92 Å². The van der Waals surface area contributed by atoms with Gasteiger partial charge in [0.1, 0.15) is 5.82 Å². The van der Waals surface area contributed by atoms with Crippen molar-refractivity contribution in [2.45, 2.75) is 19.0 Å². The molecule has 0 spiro atoms. The van der Waals surface area contributed by atoms with E-state index in [1.807, 2.05) is 6.07 Å². The second kappa shape index (κ2) is 7.07. The second-order valence-corrected chi connectivity index (χ2v) is 5.81. The summed E-state index contributed by atoms with van der Waals surface area (Å²) in [5, 5.41) is 0. The third-order valence-corrected chi connectivity index (χ3v) is 4.02. The Morgan fingerprint density at radius 1 is 1.12 bits per heavy atom. The number of rotatable bonds is 4. The minimum Gasteiger partial charge on any atom is -0.477 e. The Morgan fingerprint density at radius 3 is 2.71 bits per heavy atom. The summed E-state index contributed by atoms with van der Waals surface area (Å²) in [6, 6.07) is 7.79. The van der Waals surface area contributed by atoms with E-state index >= 15 is 0 Å². The molecule has 0 saturated carbocycles. The van der Waals surface area contributed by atoms with Gasteiger partial charge in [-0.05, 0) is 31.0 Å². The lowest BCUT2D eigenvalue weighted by atomic mass is 9.98. The molecule has 2 aromatic rings. The van der Waals surface area contributed by atoms with Gasteiger partial charge < -0.3 is 9.64 Å². The van der Waals surface area contributed by atoms with Gasteiger partial charge in [0.2, 0.25) is 5.88 Å². The predicted molar refractivity (Wildman–Crippen MR) is 83.9 cm³/mol. The first-order valence-electron chi connectivity index (χ1n) is 7.85. The fourth-order valence-corrected chi connectivity index (χ4v) is 2.90. The highest BCUT2D eigenvalue weighted by Crippen LogP contribution is 2.36. The fraction of sp³-hybridized carbons (Fsp3) is 0.412. The largest absolute Gasteiger partial charge is 0.477 e. The van der Waals surface area contributed by atoms with Gasteiger partial charge in [-0.25, -0.2) is 9.97 Å². The van der Waals surface area contributed by atoms with Crippen molar-refractivity contribution < 1.29 is 17.9 Å².